The summed E-state index contributed by atoms with van der Waals surface area (Å²) in [5, 5.41) is 13.1. The van der Waals surface area contributed by atoms with Crippen LogP contribution in [0.15, 0.2) is 42.6 Å². The number of anilines is 1. The highest BCUT2D eigenvalue weighted by Gasteiger charge is 2.56. The molecule has 1 saturated carbocycles. The molecule has 1 aromatic carbocycles. The predicted molar refractivity (Wildman–Crippen MR) is 141 cm³/mol. The third-order valence-corrected chi connectivity index (χ3v) is 8.53. The number of amides is 1. The van der Waals surface area contributed by atoms with Crippen molar-refractivity contribution >= 4 is 29.3 Å². The molecule has 9 heteroatoms. The van der Waals surface area contributed by atoms with E-state index in [9.17, 15) is 9.59 Å². The number of piperidine rings is 1. The first-order chi connectivity index (χ1) is 17.9. The summed E-state index contributed by atoms with van der Waals surface area (Å²) in [6.07, 6.45) is 5.23. The Kier molecular flexibility index (Phi) is 7.36. The molecule has 194 valence electrons. The number of ether oxygens (including phenoxy) is 1. The molecular formula is C28H32ClN5O3. The Hall–Kier alpha value is -3.15. The Morgan fingerprint density at radius 2 is 1.89 bits per heavy atom. The summed E-state index contributed by atoms with van der Waals surface area (Å²) in [7, 11) is 1.71. The van der Waals surface area contributed by atoms with Crippen LogP contribution in [0.1, 0.15) is 49.1 Å². The van der Waals surface area contributed by atoms with Crippen LogP contribution in [0.5, 0.6) is 0 Å². The molecule has 0 bridgehead atoms. The molecule has 1 aliphatic carbocycles. The highest BCUT2D eigenvalue weighted by molar-refractivity contribution is 6.30. The van der Waals surface area contributed by atoms with Gasteiger partial charge < -0.3 is 15.0 Å². The second-order valence-corrected chi connectivity index (χ2v) is 10.7. The van der Waals surface area contributed by atoms with E-state index in [0.29, 0.717) is 49.6 Å². The predicted octanol–water partition coefficient (Wildman–Crippen LogP) is 4.14. The molecule has 0 radical (unpaired) electrons. The molecule has 2 atom stereocenters. The summed E-state index contributed by atoms with van der Waals surface area (Å²) in [5.74, 6) is 0.484. The molecule has 2 aromatic rings. The van der Waals surface area contributed by atoms with Crippen molar-refractivity contribution in [3.8, 4) is 6.07 Å². The number of pyridine rings is 1. The maximum Gasteiger partial charge on any atom is 0.410 e. The van der Waals surface area contributed by atoms with Gasteiger partial charge in [-0.25, -0.2) is 9.78 Å². The van der Waals surface area contributed by atoms with Gasteiger partial charge in [-0.3, -0.25) is 9.69 Å². The fourth-order valence-electron chi connectivity index (χ4n) is 5.80. The number of likely N-dealkylation sites (N-methyl/N-ethyl adjacent to an activating group) is 1. The lowest BCUT2D eigenvalue weighted by atomic mass is 9.72. The molecule has 3 aliphatic rings. The number of ketones is 1. The number of halogens is 1. The number of benzene rings is 1. The van der Waals surface area contributed by atoms with Crippen LogP contribution < -0.4 is 10.2 Å². The number of Topliss-reactive ketones (excluding diaryl/α,β-unsaturated/α-hetero) is 1. The van der Waals surface area contributed by atoms with Gasteiger partial charge in [-0.1, -0.05) is 23.7 Å². The lowest BCUT2D eigenvalue weighted by Crippen LogP contribution is -2.62. The Balaban J connectivity index is 1.39. The third-order valence-electron chi connectivity index (χ3n) is 8.28. The highest BCUT2D eigenvalue weighted by atomic mass is 35.5. The van der Waals surface area contributed by atoms with Gasteiger partial charge in [0.05, 0.1) is 5.56 Å². The second kappa shape index (κ2) is 10.7. The lowest BCUT2D eigenvalue weighted by molar-refractivity contribution is -0.135. The van der Waals surface area contributed by atoms with Crippen LogP contribution in [-0.4, -0.2) is 66.6 Å². The number of nitrogens with one attached hydrogen (secondary N) is 1. The summed E-state index contributed by atoms with van der Waals surface area (Å²) in [5.41, 5.74) is 0.452. The van der Waals surface area contributed by atoms with Crippen molar-refractivity contribution in [3.63, 3.8) is 0 Å². The number of hydrogen-bond donors (Lipinski definition) is 1. The number of rotatable bonds is 6. The number of nitriles is 1. The van der Waals surface area contributed by atoms with Gasteiger partial charge in [0, 0.05) is 56.3 Å². The van der Waals surface area contributed by atoms with E-state index < -0.39 is 11.6 Å². The first-order valence-electron chi connectivity index (χ1n) is 13.0. The minimum absolute atomic E-state index is 0.0615. The number of nitrogens with zero attached hydrogens (tertiary/aromatic N) is 4. The Bertz CT molecular complexity index is 1170. The molecule has 2 saturated heterocycles. The summed E-state index contributed by atoms with van der Waals surface area (Å²) in [6.45, 7) is 2.33. The van der Waals surface area contributed by atoms with Crippen molar-refractivity contribution in [3.05, 3.63) is 58.7 Å². The topological polar surface area (TPSA) is 98.6 Å². The van der Waals surface area contributed by atoms with Crippen LogP contribution in [0.3, 0.4) is 0 Å². The van der Waals surface area contributed by atoms with Gasteiger partial charge in [0.2, 0.25) is 0 Å². The first kappa shape index (κ1) is 25.5. The van der Waals surface area contributed by atoms with Gasteiger partial charge in [-0.05, 0) is 61.9 Å². The van der Waals surface area contributed by atoms with E-state index in [1.807, 2.05) is 30.3 Å². The molecule has 1 aromatic heterocycles. The van der Waals surface area contributed by atoms with E-state index in [2.05, 4.69) is 21.3 Å². The van der Waals surface area contributed by atoms with Gasteiger partial charge in [0.15, 0.2) is 5.78 Å². The van der Waals surface area contributed by atoms with E-state index in [1.54, 1.807) is 24.2 Å². The van der Waals surface area contributed by atoms with Crippen molar-refractivity contribution in [2.24, 2.45) is 5.92 Å². The monoisotopic (exact) mass is 521 g/mol. The molecule has 1 N–H and O–H groups in total. The molecule has 0 spiro atoms. The summed E-state index contributed by atoms with van der Waals surface area (Å²) < 4.78 is 5.77. The number of carbonyl (C=O) groups is 2. The van der Waals surface area contributed by atoms with Crippen molar-refractivity contribution in [2.45, 2.75) is 49.7 Å². The zero-order valence-electron chi connectivity index (χ0n) is 21.0. The van der Waals surface area contributed by atoms with E-state index in [-0.39, 0.29) is 23.7 Å². The lowest BCUT2D eigenvalue weighted by Gasteiger charge is -2.45. The van der Waals surface area contributed by atoms with Crippen LogP contribution in [-0.2, 0) is 9.53 Å². The smallest absolute Gasteiger partial charge is 0.410 e. The summed E-state index contributed by atoms with van der Waals surface area (Å²) in [4.78, 5) is 35.9. The van der Waals surface area contributed by atoms with Gasteiger partial charge >= 0.3 is 6.09 Å². The van der Waals surface area contributed by atoms with Crippen LogP contribution in [0.4, 0.5) is 10.6 Å². The Morgan fingerprint density at radius 3 is 2.49 bits per heavy atom. The number of aromatic nitrogens is 1. The fourth-order valence-corrected chi connectivity index (χ4v) is 5.93. The zero-order chi connectivity index (χ0) is 26.0. The largest absolute Gasteiger partial charge is 0.446 e. The molecule has 0 unspecified atom stereocenters. The molecule has 8 nitrogen and oxygen atoms in total. The minimum atomic E-state index is -1.05. The van der Waals surface area contributed by atoms with Crippen LogP contribution in [0.2, 0.25) is 5.02 Å². The summed E-state index contributed by atoms with van der Waals surface area (Å²) >= 11 is 6.15. The maximum atomic E-state index is 14.4. The molecule has 1 amide bonds. The Labute approximate surface area is 222 Å². The van der Waals surface area contributed by atoms with E-state index in [4.69, 9.17) is 21.6 Å². The number of hydrogen-bond acceptors (Lipinski definition) is 7. The van der Waals surface area contributed by atoms with Gasteiger partial charge in [-0.2, -0.15) is 5.26 Å². The molecule has 37 heavy (non-hydrogen) atoms. The number of carbonyl (C=O) groups excluding carboxylic acids is 2. The van der Waals surface area contributed by atoms with Crippen LogP contribution in [0.25, 0.3) is 0 Å². The van der Waals surface area contributed by atoms with Crippen molar-refractivity contribution in [1.82, 2.24) is 15.2 Å². The van der Waals surface area contributed by atoms with E-state index in [0.717, 1.165) is 30.6 Å². The average molecular weight is 522 g/mol. The quantitative estimate of drug-likeness (QED) is 0.610. The molecule has 2 aliphatic heterocycles. The SMILES string of the molecule is CN(C(=O)OC1CCC1)[C@]1(C(=O)C2CCN(c3ccc(C#N)cn3)CC2)CNC[C@H]1c1ccc(Cl)cc1. The zero-order valence-corrected chi connectivity index (χ0v) is 21.8. The van der Waals surface area contributed by atoms with Crippen molar-refractivity contribution in [2.75, 3.05) is 38.1 Å². The highest BCUT2D eigenvalue weighted by Crippen LogP contribution is 2.41. The van der Waals surface area contributed by atoms with Crippen LogP contribution in [0, 0.1) is 17.2 Å². The fraction of sp³-hybridized carbons (Fsp3) is 0.500. The standard InChI is InChI=1S/C28H32ClN5O3/c1-33(27(36)37-23-3-2-4-23)28(18-31-17-24(28)20-6-8-22(29)9-7-20)26(35)21-11-13-34(14-12-21)25-10-5-19(15-30)16-32-25/h5-10,16,21,23-24,31H,2-4,11-14,17-18H2,1H3/t24-,28+/m0/s1. The van der Waals surface area contributed by atoms with E-state index >= 15 is 0 Å². The molecule has 3 heterocycles. The normalized spacial score (nSPS) is 24.2. The maximum absolute atomic E-state index is 14.4. The average Bonchev–Trinajstić information content (AvgIpc) is 3.36. The summed E-state index contributed by atoms with van der Waals surface area (Å²) in [6, 6.07) is 13.3. The Morgan fingerprint density at radius 1 is 1.16 bits per heavy atom. The van der Waals surface area contributed by atoms with E-state index in [1.165, 1.54) is 0 Å². The second-order valence-electron chi connectivity index (χ2n) is 10.3. The van der Waals surface area contributed by atoms with Crippen LogP contribution >= 0.6 is 11.6 Å². The van der Waals surface area contributed by atoms with Crippen molar-refractivity contribution < 1.29 is 14.3 Å². The van der Waals surface area contributed by atoms with Gasteiger partial charge in [0.25, 0.3) is 0 Å². The van der Waals surface area contributed by atoms with Gasteiger partial charge in [-0.15, -0.1) is 0 Å². The third kappa shape index (κ3) is 4.90. The molecular weight excluding hydrogens is 490 g/mol. The van der Waals surface area contributed by atoms with Gasteiger partial charge in [0.1, 0.15) is 23.5 Å². The molecule has 5 rings (SSSR count). The van der Waals surface area contributed by atoms with Crippen molar-refractivity contribution in [1.29, 1.82) is 5.26 Å². The molecule has 3 fully saturated rings. The first-order valence-corrected chi connectivity index (χ1v) is 13.4. The minimum Gasteiger partial charge on any atom is -0.446 e.